The van der Waals surface area contributed by atoms with Crippen LogP contribution in [0.3, 0.4) is 0 Å². The standard InChI is InChI=1S/C21H16N4O/c1-26-19-9-5-3-6-14(19)13-10-11-17-18(12-13)23-21(22-17)20-15-7-2-4-8-16(15)24-25-20/h2-12H,1H3,(H,22,23)(H,24,25). The first-order valence-corrected chi connectivity index (χ1v) is 8.40. The highest BCUT2D eigenvalue weighted by molar-refractivity contribution is 5.93. The first-order chi connectivity index (χ1) is 12.8. The van der Waals surface area contributed by atoms with Gasteiger partial charge in [0.25, 0.3) is 0 Å². The van der Waals surface area contributed by atoms with Crippen molar-refractivity contribution in [3.8, 4) is 28.4 Å². The highest BCUT2D eigenvalue weighted by atomic mass is 16.5. The van der Waals surface area contributed by atoms with E-state index < -0.39 is 0 Å². The molecule has 5 heteroatoms. The number of para-hydroxylation sites is 2. The van der Waals surface area contributed by atoms with E-state index in [1.54, 1.807) is 7.11 Å². The molecular formula is C21H16N4O. The Labute approximate surface area is 149 Å². The number of H-pyrrole nitrogens is 2. The molecule has 0 bridgehead atoms. The molecule has 0 fully saturated rings. The molecule has 0 aliphatic rings. The van der Waals surface area contributed by atoms with E-state index >= 15 is 0 Å². The summed E-state index contributed by atoms with van der Waals surface area (Å²) in [6, 6.07) is 22.2. The van der Waals surface area contributed by atoms with Crippen LogP contribution in [0.4, 0.5) is 0 Å². The molecule has 0 saturated heterocycles. The fourth-order valence-electron chi connectivity index (χ4n) is 3.31. The van der Waals surface area contributed by atoms with E-state index in [9.17, 15) is 0 Å². The first kappa shape index (κ1) is 14.7. The van der Waals surface area contributed by atoms with E-state index in [4.69, 9.17) is 9.72 Å². The molecule has 5 rings (SSSR count). The number of imidazole rings is 1. The second-order valence-corrected chi connectivity index (χ2v) is 6.14. The summed E-state index contributed by atoms with van der Waals surface area (Å²) >= 11 is 0. The summed E-state index contributed by atoms with van der Waals surface area (Å²) in [5.74, 6) is 1.61. The lowest BCUT2D eigenvalue weighted by atomic mass is 10.0. The van der Waals surface area contributed by atoms with Crippen LogP contribution in [0, 0.1) is 0 Å². The highest BCUT2D eigenvalue weighted by Gasteiger charge is 2.13. The van der Waals surface area contributed by atoms with Crippen molar-refractivity contribution in [2.45, 2.75) is 0 Å². The van der Waals surface area contributed by atoms with Crippen molar-refractivity contribution in [1.29, 1.82) is 0 Å². The molecule has 0 unspecified atom stereocenters. The average Bonchev–Trinajstić information content (AvgIpc) is 3.31. The number of rotatable bonds is 3. The maximum Gasteiger partial charge on any atom is 0.159 e. The van der Waals surface area contributed by atoms with Gasteiger partial charge >= 0.3 is 0 Å². The molecule has 0 aliphatic heterocycles. The Balaban J connectivity index is 1.65. The van der Waals surface area contributed by atoms with Crippen LogP contribution in [0.5, 0.6) is 5.75 Å². The second-order valence-electron chi connectivity index (χ2n) is 6.14. The zero-order valence-electron chi connectivity index (χ0n) is 14.2. The molecule has 0 atom stereocenters. The molecule has 0 saturated carbocycles. The number of hydrogen-bond acceptors (Lipinski definition) is 3. The topological polar surface area (TPSA) is 66.6 Å². The minimum absolute atomic E-state index is 0.759. The summed E-state index contributed by atoms with van der Waals surface area (Å²) in [5, 5.41) is 8.54. The lowest BCUT2D eigenvalue weighted by molar-refractivity contribution is 0.416. The monoisotopic (exact) mass is 340 g/mol. The Morgan fingerprint density at radius 1 is 0.885 bits per heavy atom. The molecule has 26 heavy (non-hydrogen) atoms. The van der Waals surface area contributed by atoms with Gasteiger partial charge in [-0.2, -0.15) is 5.10 Å². The summed E-state index contributed by atoms with van der Waals surface area (Å²) < 4.78 is 5.48. The van der Waals surface area contributed by atoms with Crippen molar-refractivity contribution in [3.05, 3.63) is 66.7 Å². The van der Waals surface area contributed by atoms with Gasteiger partial charge in [-0.05, 0) is 29.8 Å². The summed E-state index contributed by atoms with van der Waals surface area (Å²) in [4.78, 5) is 8.14. The zero-order valence-corrected chi connectivity index (χ0v) is 14.2. The number of aromatic nitrogens is 4. The predicted octanol–water partition coefficient (Wildman–Crippen LogP) is 4.78. The van der Waals surface area contributed by atoms with Gasteiger partial charge in [-0.3, -0.25) is 5.10 Å². The third-order valence-corrected chi connectivity index (χ3v) is 4.60. The van der Waals surface area contributed by atoms with Crippen LogP contribution < -0.4 is 4.74 Å². The van der Waals surface area contributed by atoms with Gasteiger partial charge in [0.05, 0.1) is 23.7 Å². The summed E-state index contributed by atoms with van der Waals surface area (Å²) in [5.41, 5.74) is 5.82. The van der Waals surface area contributed by atoms with E-state index in [1.165, 1.54) is 0 Å². The third kappa shape index (κ3) is 2.25. The zero-order chi connectivity index (χ0) is 17.5. The maximum absolute atomic E-state index is 5.48. The number of benzene rings is 3. The van der Waals surface area contributed by atoms with Crippen LogP contribution in [0.2, 0.25) is 0 Å². The molecule has 5 aromatic rings. The van der Waals surface area contributed by atoms with Crippen LogP contribution in [0.1, 0.15) is 0 Å². The largest absolute Gasteiger partial charge is 0.496 e. The predicted molar refractivity (Wildman–Crippen MR) is 103 cm³/mol. The summed E-state index contributed by atoms with van der Waals surface area (Å²) in [6.07, 6.45) is 0. The Bertz CT molecular complexity index is 1240. The molecule has 3 aromatic carbocycles. The van der Waals surface area contributed by atoms with Crippen molar-refractivity contribution in [3.63, 3.8) is 0 Å². The molecule has 126 valence electrons. The molecule has 0 radical (unpaired) electrons. The molecule has 0 spiro atoms. The first-order valence-electron chi connectivity index (χ1n) is 8.40. The lowest BCUT2D eigenvalue weighted by Gasteiger charge is -2.07. The number of ether oxygens (including phenoxy) is 1. The summed E-state index contributed by atoms with van der Waals surface area (Å²) in [6.45, 7) is 0. The Hall–Kier alpha value is -3.60. The normalized spacial score (nSPS) is 11.3. The molecule has 5 nitrogen and oxygen atoms in total. The number of fused-ring (bicyclic) bond motifs is 2. The fraction of sp³-hybridized carbons (Fsp3) is 0.0476. The van der Waals surface area contributed by atoms with Crippen molar-refractivity contribution in [2.75, 3.05) is 7.11 Å². The van der Waals surface area contributed by atoms with Crippen LogP contribution in [0.25, 0.3) is 44.6 Å². The number of aromatic amines is 2. The van der Waals surface area contributed by atoms with Gasteiger partial charge < -0.3 is 9.72 Å². The Kier molecular flexibility index (Phi) is 3.25. The smallest absolute Gasteiger partial charge is 0.159 e. The van der Waals surface area contributed by atoms with Crippen LogP contribution in [0.15, 0.2) is 66.7 Å². The summed E-state index contributed by atoms with van der Waals surface area (Å²) in [7, 11) is 1.69. The van der Waals surface area contributed by atoms with Crippen LogP contribution >= 0.6 is 0 Å². The van der Waals surface area contributed by atoms with Gasteiger partial charge in [0, 0.05) is 10.9 Å². The molecule has 2 heterocycles. The van der Waals surface area contributed by atoms with Crippen molar-refractivity contribution in [2.24, 2.45) is 0 Å². The van der Waals surface area contributed by atoms with Crippen LogP contribution in [-0.4, -0.2) is 27.3 Å². The Morgan fingerprint density at radius 2 is 1.73 bits per heavy atom. The van der Waals surface area contributed by atoms with Gasteiger partial charge in [-0.25, -0.2) is 4.98 Å². The minimum atomic E-state index is 0.759. The van der Waals surface area contributed by atoms with Gasteiger partial charge in [0.15, 0.2) is 5.82 Å². The van der Waals surface area contributed by atoms with Crippen molar-refractivity contribution in [1.82, 2.24) is 20.2 Å². The Morgan fingerprint density at radius 3 is 2.65 bits per heavy atom. The van der Waals surface area contributed by atoms with Gasteiger partial charge in [0.2, 0.25) is 0 Å². The molecule has 0 amide bonds. The third-order valence-electron chi connectivity index (χ3n) is 4.60. The van der Waals surface area contributed by atoms with E-state index in [2.05, 4.69) is 33.4 Å². The molecule has 2 N–H and O–H groups in total. The quantitative estimate of drug-likeness (QED) is 0.496. The van der Waals surface area contributed by atoms with Crippen LogP contribution in [-0.2, 0) is 0 Å². The van der Waals surface area contributed by atoms with Gasteiger partial charge in [-0.15, -0.1) is 0 Å². The average molecular weight is 340 g/mol. The van der Waals surface area contributed by atoms with Gasteiger partial charge in [-0.1, -0.05) is 42.5 Å². The lowest BCUT2D eigenvalue weighted by Crippen LogP contribution is -1.87. The molecule has 2 aromatic heterocycles. The van der Waals surface area contributed by atoms with E-state index in [-0.39, 0.29) is 0 Å². The van der Waals surface area contributed by atoms with Gasteiger partial charge in [0.1, 0.15) is 11.4 Å². The van der Waals surface area contributed by atoms with E-state index in [0.717, 1.165) is 50.3 Å². The minimum Gasteiger partial charge on any atom is -0.496 e. The number of hydrogen-bond donors (Lipinski definition) is 2. The maximum atomic E-state index is 5.48. The van der Waals surface area contributed by atoms with Crippen molar-refractivity contribution >= 4 is 21.9 Å². The molecule has 0 aliphatic carbocycles. The fourth-order valence-corrected chi connectivity index (χ4v) is 3.31. The van der Waals surface area contributed by atoms with Crippen molar-refractivity contribution < 1.29 is 4.74 Å². The van der Waals surface area contributed by atoms with E-state index in [1.807, 2.05) is 48.5 Å². The second kappa shape index (κ2) is 5.74. The molecular weight excluding hydrogens is 324 g/mol. The SMILES string of the molecule is COc1ccccc1-c1ccc2[nH]c(-c3n[nH]c4ccccc34)nc2c1. The van der Waals surface area contributed by atoms with E-state index in [0.29, 0.717) is 0 Å². The number of nitrogens with one attached hydrogen (secondary N) is 2. The number of nitrogens with zero attached hydrogens (tertiary/aromatic N) is 2. The number of methoxy groups -OCH3 is 1. The highest BCUT2D eigenvalue weighted by Crippen LogP contribution is 2.32.